The summed E-state index contributed by atoms with van der Waals surface area (Å²) < 4.78 is 10.7. The van der Waals surface area contributed by atoms with Crippen molar-refractivity contribution in [1.82, 2.24) is 0 Å². The van der Waals surface area contributed by atoms with E-state index in [9.17, 15) is 9.59 Å². The molecule has 2 rings (SSSR count). The number of Topliss-reactive ketones (excluding diaryl/α,β-unsaturated/α-hetero) is 1. The van der Waals surface area contributed by atoms with Gasteiger partial charge in [-0.05, 0) is 45.6 Å². The van der Waals surface area contributed by atoms with Crippen LogP contribution in [0.4, 0.5) is 0 Å². The third kappa shape index (κ3) is 3.46. The number of halogens is 1. The molecule has 4 nitrogen and oxygen atoms in total. The standard InChI is InChI=1S/C14H11BrO4S/c1-18-9-4-5-11(15)10(7-9)14(17)19-8-12(16)13-3-2-6-20-13/h2-7H,8H2,1H3. The van der Waals surface area contributed by atoms with Crippen molar-refractivity contribution in [2.75, 3.05) is 13.7 Å². The van der Waals surface area contributed by atoms with E-state index in [1.54, 1.807) is 35.7 Å². The summed E-state index contributed by atoms with van der Waals surface area (Å²) in [6.45, 7) is -0.275. The monoisotopic (exact) mass is 354 g/mol. The van der Waals surface area contributed by atoms with E-state index < -0.39 is 5.97 Å². The first-order chi connectivity index (χ1) is 9.61. The highest BCUT2D eigenvalue weighted by Crippen LogP contribution is 2.23. The number of rotatable bonds is 5. The highest BCUT2D eigenvalue weighted by Gasteiger charge is 2.15. The Morgan fingerprint density at radius 1 is 1.30 bits per heavy atom. The van der Waals surface area contributed by atoms with Crippen LogP contribution in [0.15, 0.2) is 40.2 Å². The van der Waals surface area contributed by atoms with E-state index in [0.29, 0.717) is 20.7 Å². The van der Waals surface area contributed by atoms with Crippen molar-refractivity contribution >= 4 is 39.0 Å². The first-order valence-electron chi connectivity index (χ1n) is 5.69. The molecule has 104 valence electrons. The lowest BCUT2D eigenvalue weighted by Gasteiger charge is -2.07. The molecular formula is C14H11BrO4S. The lowest BCUT2D eigenvalue weighted by atomic mass is 10.2. The molecule has 6 heteroatoms. The Labute approximate surface area is 128 Å². The molecular weight excluding hydrogens is 344 g/mol. The van der Waals surface area contributed by atoms with Crippen molar-refractivity contribution in [2.24, 2.45) is 0 Å². The number of carbonyl (C=O) groups is 2. The SMILES string of the molecule is COc1ccc(Br)c(C(=O)OCC(=O)c2cccs2)c1. The molecule has 1 aromatic heterocycles. The molecule has 0 amide bonds. The fraction of sp³-hybridized carbons (Fsp3) is 0.143. The maximum Gasteiger partial charge on any atom is 0.339 e. The van der Waals surface area contributed by atoms with Crippen LogP contribution < -0.4 is 4.74 Å². The quantitative estimate of drug-likeness (QED) is 0.608. The molecule has 0 aliphatic carbocycles. The summed E-state index contributed by atoms with van der Waals surface area (Å²) in [6, 6.07) is 8.44. The Morgan fingerprint density at radius 2 is 2.10 bits per heavy atom. The van der Waals surface area contributed by atoms with E-state index in [0.717, 1.165) is 0 Å². The Kier molecular flexibility index (Phi) is 4.92. The second kappa shape index (κ2) is 6.67. The van der Waals surface area contributed by atoms with E-state index in [1.807, 2.05) is 0 Å². The van der Waals surface area contributed by atoms with Gasteiger partial charge < -0.3 is 9.47 Å². The Morgan fingerprint density at radius 3 is 2.75 bits per heavy atom. The fourth-order valence-electron chi connectivity index (χ4n) is 1.50. The molecule has 0 unspecified atom stereocenters. The van der Waals surface area contributed by atoms with Gasteiger partial charge in [-0.25, -0.2) is 4.79 Å². The Bertz CT molecular complexity index is 622. The number of thiophene rings is 1. The van der Waals surface area contributed by atoms with Gasteiger partial charge in [-0.3, -0.25) is 4.79 Å². The molecule has 2 aromatic rings. The van der Waals surface area contributed by atoms with E-state index in [2.05, 4.69) is 15.9 Å². The van der Waals surface area contributed by atoms with Crippen molar-refractivity contribution in [1.29, 1.82) is 0 Å². The van der Waals surface area contributed by atoms with Gasteiger partial charge in [0.05, 0.1) is 17.6 Å². The number of ether oxygens (including phenoxy) is 2. The number of benzene rings is 1. The molecule has 0 saturated carbocycles. The molecule has 20 heavy (non-hydrogen) atoms. The normalized spacial score (nSPS) is 10.1. The molecule has 1 aromatic carbocycles. The zero-order valence-electron chi connectivity index (χ0n) is 10.6. The van der Waals surface area contributed by atoms with Gasteiger partial charge >= 0.3 is 5.97 Å². The van der Waals surface area contributed by atoms with Crippen LogP contribution in [0.1, 0.15) is 20.0 Å². The maximum absolute atomic E-state index is 12.0. The van der Waals surface area contributed by atoms with Crippen molar-refractivity contribution in [3.63, 3.8) is 0 Å². The zero-order valence-corrected chi connectivity index (χ0v) is 13.0. The molecule has 0 radical (unpaired) electrons. The highest BCUT2D eigenvalue weighted by molar-refractivity contribution is 9.10. The van der Waals surface area contributed by atoms with Crippen molar-refractivity contribution in [3.8, 4) is 5.75 Å². The van der Waals surface area contributed by atoms with Crippen LogP contribution >= 0.6 is 27.3 Å². The van der Waals surface area contributed by atoms with Gasteiger partial charge in [0.25, 0.3) is 0 Å². The Hall–Kier alpha value is -1.66. The first-order valence-corrected chi connectivity index (χ1v) is 7.36. The number of methoxy groups -OCH3 is 1. The van der Waals surface area contributed by atoms with Crippen LogP contribution in [0.5, 0.6) is 5.75 Å². The number of hydrogen-bond acceptors (Lipinski definition) is 5. The lowest BCUT2D eigenvalue weighted by molar-refractivity contribution is 0.0474. The molecule has 0 saturated heterocycles. The summed E-state index contributed by atoms with van der Waals surface area (Å²) in [6.07, 6.45) is 0. The van der Waals surface area contributed by atoms with Crippen molar-refractivity contribution < 1.29 is 19.1 Å². The fourth-order valence-corrected chi connectivity index (χ4v) is 2.56. The molecule has 0 bridgehead atoms. The molecule has 0 N–H and O–H groups in total. The van der Waals surface area contributed by atoms with Crippen LogP contribution in [0.3, 0.4) is 0 Å². The molecule has 0 aliphatic heterocycles. The first kappa shape index (κ1) is 14.7. The average molecular weight is 355 g/mol. The van der Waals surface area contributed by atoms with Gasteiger partial charge in [0.1, 0.15) is 5.75 Å². The second-order valence-electron chi connectivity index (χ2n) is 3.82. The van der Waals surface area contributed by atoms with E-state index in [1.165, 1.54) is 18.4 Å². The summed E-state index contributed by atoms with van der Waals surface area (Å²) in [5.41, 5.74) is 0.323. The van der Waals surface area contributed by atoms with E-state index in [-0.39, 0.29) is 12.4 Å². The number of ketones is 1. The van der Waals surface area contributed by atoms with E-state index in [4.69, 9.17) is 9.47 Å². The molecule has 0 atom stereocenters. The Balaban J connectivity index is 2.03. The second-order valence-corrected chi connectivity index (χ2v) is 5.62. The predicted molar refractivity (Wildman–Crippen MR) is 79.6 cm³/mol. The minimum atomic E-state index is -0.569. The number of hydrogen-bond donors (Lipinski definition) is 0. The van der Waals surface area contributed by atoms with Crippen LogP contribution in [0.2, 0.25) is 0 Å². The average Bonchev–Trinajstić information content (AvgIpc) is 2.99. The van der Waals surface area contributed by atoms with Gasteiger partial charge in [-0.1, -0.05) is 6.07 Å². The zero-order chi connectivity index (χ0) is 14.5. The lowest BCUT2D eigenvalue weighted by Crippen LogP contribution is -2.13. The number of carbonyl (C=O) groups excluding carboxylic acids is 2. The molecule has 1 heterocycles. The molecule has 0 fully saturated rings. The summed E-state index contributed by atoms with van der Waals surface area (Å²) >= 11 is 4.58. The third-order valence-electron chi connectivity index (χ3n) is 2.52. The summed E-state index contributed by atoms with van der Waals surface area (Å²) in [5.74, 6) is -0.238. The van der Waals surface area contributed by atoms with Crippen LogP contribution in [0.25, 0.3) is 0 Å². The number of esters is 1. The van der Waals surface area contributed by atoms with Gasteiger partial charge in [-0.2, -0.15) is 0 Å². The minimum absolute atomic E-state index is 0.215. The van der Waals surface area contributed by atoms with Crippen molar-refractivity contribution in [2.45, 2.75) is 0 Å². The largest absolute Gasteiger partial charge is 0.497 e. The smallest absolute Gasteiger partial charge is 0.339 e. The minimum Gasteiger partial charge on any atom is -0.497 e. The van der Waals surface area contributed by atoms with Crippen LogP contribution in [-0.2, 0) is 4.74 Å². The van der Waals surface area contributed by atoms with E-state index >= 15 is 0 Å². The summed E-state index contributed by atoms with van der Waals surface area (Å²) in [4.78, 5) is 24.3. The topological polar surface area (TPSA) is 52.6 Å². The highest BCUT2D eigenvalue weighted by atomic mass is 79.9. The van der Waals surface area contributed by atoms with Crippen molar-refractivity contribution in [3.05, 3.63) is 50.6 Å². The summed E-state index contributed by atoms with van der Waals surface area (Å²) in [5, 5.41) is 1.80. The van der Waals surface area contributed by atoms with Gasteiger partial charge in [0.2, 0.25) is 5.78 Å². The molecule has 0 spiro atoms. The summed E-state index contributed by atoms with van der Waals surface area (Å²) in [7, 11) is 1.51. The van der Waals surface area contributed by atoms with Crippen LogP contribution in [0, 0.1) is 0 Å². The predicted octanol–water partition coefficient (Wildman–Crippen LogP) is 3.56. The van der Waals surface area contributed by atoms with Gasteiger partial charge in [0, 0.05) is 4.47 Å². The van der Waals surface area contributed by atoms with Gasteiger partial charge in [0.15, 0.2) is 6.61 Å². The third-order valence-corrected chi connectivity index (χ3v) is 4.13. The molecule has 0 aliphatic rings. The van der Waals surface area contributed by atoms with Gasteiger partial charge in [-0.15, -0.1) is 11.3 Å². The maximum atomic E-state index is 12.0. The van der Waals surface area contributed by atoms with Crippen LogP contribution in [-0.4, -0.2) is 25.5 Å².